The van der Waals surface area contributed by atoms with Gasteiger partial charge in [0.15, 0.2) is 0 Å². The van der Waals surface area contributed by atoms with Crippen LogP contribution in [0.2, 0.25) is 0 Å². The number of hydrogen-bond donors (Lipinski definition) is 1. The second-order valence-corrected chi connectivity index (χ2v) is 6.69. The van der Waals surface area contributed by atoms with Crippen LogP contribution in [-0.2, 0) is 17.9 Å². The summed E-state index contributed by atoms with van der Waals surface area (Å²) >= 11 is 0. The molecule has 0 aliphatic carbocycles. The number of benzene rings is 1. The Morgan fingerprint density at radius 2 is 1.96 bits per heavy atom. The van der Waals surface area contributed by atoms with E-state index in [1.54, 1.807) is 6.20 Å². The summed E-state index contributed by atoms with van der Waals surface area (Å²) in [6, 6.07) is 11.1. The van der Waals surface area contributed by atoms with Crippen molar-refractivity contribution in [3.63, 3.8) is 0 Å². The Morgan fingerprint density at radius 1 is 1.18 bits per heavy atom. The minimum absolute atomic E-state index is 0.136. The van der Waals surface area contributed by atoms with E-state index in [-0.39, 0.29) is 24.6 Å². The molecule has 0 bridgehead atoms. The fraction of sp³-hybridized carbons (Fsp3) is 0.300. The van der Waals surface area contributed by atoms with Gasteiger partial charge in [-0.05, 0) is 25.0 Å². The van der Waals surface area contributed by atoms with E-state index in [2.05, 4.69) is 20.3 Å². The summed E-state index contributed by atoms with van der Waals surface area (Å²) in [4.78, 5) is 30.9. The lowest BCUT2D eigenvalue weighted by molar-refractivity contribution is -0.122. The minimum Gasteiger partial charge on any atom is -0.444 e. The quantitative estimate of drug-likeness (QED) is 0.702. The topological polar surface area (TPSA) is 93.3 Å². The van der Waals surface area contributed by atoms with Crippen molar-refractivity contribution in [2.75, 3.05) is 18.0 Å². The van der Waals surface area contributed by atoms with Crippen LogP contribution in [0, 0.1) is 0 Å². The molecule has 0 spiro atoms. The second kappa shape index (κ2) is 8.08. The number of rotatable bonds is 6. The van der Waals surface area contributed by atoms with Crippen molar-refractivity contribution in [2.24, 2.45) is 0 Å². The zero-order valence-electron chi connectivity index (χ0n) is 15.4. The molecule has 2 aromatic heterocycles. The Hall–Kier alpha value is -3.42. The minimum atomic E-state index is -0.312. The lowest BCUT2D eigenvalue weighted by Crippen LogP contribution is -2.34. The molecule has 1 aliphatic heterocycles. The van der Waals surface area contributed by atoms with Gasteiger partial charge in [0.05, 0.1) is 24.1 Å². The molecule has 1 fully saturated rings. The maximum absolute atomic E-state index is 12.2. The Labute approximate surface area is 161 Å². The molecule has 144 valence electrons. The summed E-state index contributed by atoms with van der Waals surface area (Å²) in [6.45, 7) is 1.96. The molecule has 1 aliphatic rings. The molecule has 4 rings (SSSR count). The van der Waals surface area contributed by atoms with Crippen molar-refractivity contribution in [3.05, 3.63) is 64.9 Å². The van der Waals surface area contributed by atoms with Gasteiger partial charge in [0.1, 0.15) is 12.8 Å². The highest BCUT2D eigenvalue weighted by molar-refractivity contribution is 5.75. The van der Waals surface area contributed by atoms with Gasteiger partial charge in [-0.15, -0.1) is 0 Å². The van der Waals surface area contributed by atoms with Crippen LogP contribution in [0.4, 0.5) is 5.69 Å². The molecule has 0 saturated carbocycles. The highest BCUT2D eigenvalue weighted by Crippen LogP contribution is 2.18. The van der Waals surface area contributed by atoms with E-state index >= 15 is 0 Å². The summed E-state index contributed by atoms with van der Waals surface area (Å²) in [5, 5.41) is 6.87. The van der Waals surface area contributed by atoms with Gasteiger partial charge >= 0.3 is 0 Å². The zero-order valence-corrected chi connectivity index (χ0v) is 15.4. The van der Waals surface area contributed by atoms with Gasteiger partial charge in [0.2, 0.25) is 11.8 Å². The normalized spacial score (nSPS) is 13.6. The fourth-order valence-corrected chi connectivity index (χ4v) is 3.17. The molecule has 8 heteroatoms. The van der Waals surface area contributed by atoms with Gasteiger partial charge in [-0.2, -0.15) is 5.10 Å². The predicted molar refractivity (Wildman–Crippen MR) is 104 cm³/mol. The van der Waals surface area contributed by atoms with Gasteiger partial charge in [-0.3, -0.25) is 9.59 Å². The van der Waals surface area contributed by atoms with Crippen LogP contribution in [-0.4, -0.2) is 33.8 Å². The zero-order chi connectivity index (χ0) is 19.3. The molecule has 1 amide bonds. The number of oxazole rings is 1. The van der Waals surface area contributed by atoms with Crippen LogP contribution < -0.4 is 15.8 Å². The van der Waals surface area contributed by atoms with E-state index in [1.807, 2.05) is 30.3 Å². The van der Waals surface area contributed by atoms with Gasteiger partial charge in [-0.1, -0.05) is 18.2 Å². The van der Waals surface area contributed by atoms with Crippen molar-refractivity contribution >= 4 is 11.6 Å². The standard InChI is InChI=1S/C20H21N5O3/c26-18(13-25-19(27)10-17(12-22-25)24-8-4-5-9-24)21-11-16-14-28-20(23-16)15-6-2-1-3-7-15/h1-3,6-7,10,12,14H,4-5,8-9,11,13H2,(H,21,26). The van der Waals surface area contributed by atoms with Gasteiger partial charge in [0, 0.05) is 24.7 Å². The third kappa shape index (κ3) is 4.11. The summed E-state index contributed by atoms with van der Waals surface area (Å²) in [7, 11) is 0. The molecule has 3 heterocycles. The van der Waals surface area contributed by atoms with Crippen molar-refractivity contribution in [2.45, 2.75) is 25.9 Å². The summed E-state index contributed by atoms with van der Waals surface area (Å²) < 4.78 is 6.61. The predicted octanol–water partition coefficient (Wildman–Crippen LogP) is 1.81. The van der Waals surface area contributed by atoms with Crippen LogP contribution in [0.15, 0.2) is 58.1 Å². The second-order valence-electron chi connectivity index (χ2n) is 6.69. The Bertz CT molecular complexity index is 1010. The van der Waals surface area contributed by atoms with E-state index in [9.17, 15) is 9.59 Å². The molecular weight excluding hydrogens is 358 g/mol. The molecule has 1 saturated heterocycles. The van der Waals surface area contributed by atoms with Crippen molar-refractivity contribution in [3.8, 4) is 11.5 Å². The van der Waals surface area contributed by atoms with Crippen molar-refractivity contribution < 1.29 is 9.21 Å². The summed E-state index contributed by atoms with van der Waals surface area (Å²) in [6.07, 6.45) is 5.40. The number of nitrogens with one attached hydrogen (secondary N) is 1. The van der Waals surface area contributed by atoms with Crippen LogP contribution in [0.5, 0.6) is 0 Å². The Balaban J connectivity index is 1.33. The van der Waals surface area contributed by atoms with E-state index in [0.717, 1.165) is 41.9 Å². The van der Waals surface area contributed by atoms with Crippen molar-refractivity contribution in [1.82, 2.24) is 20.1 Å². The fourth-order valence-electron chi connectivity index (χ4n) is 3.17. The molecule has 8 nitrogen and oxygen atoms in total. The SMILES string of the molecule is O=C(Cn1ncc(N2CCCC2)cc1=O)NCc1coc(-c2ccccc2)n1. The van der Waals surface area contributed by atoms with Crippen LogP contribution in [0.3, 0.4) is 0 Å². The van der Waals surface area contributed by atoms with Gasteiger partial charge in [-0.25, -0.2) is 9.67 Å². The number of nitrogens with zero attached hydrogens (tertiary/aromatic N) is 4. The number of anilines is 1. The number of amides is 1. The van der Waals surface area contributed by atoms with E-state index in [1.165, 1.54) is 12.3 Å². The number of hydrogen-bond acceptors (Lipinski definition) is 6. The van der Waals surface area contributed by atoms with Crippen LogP contribution in [0.1, 0.15) is 18.5 Å². The van der Waals surface area contributed by atoms with E-state index in [0.29, 0.717) is 11.6 Å². The highest BCUT2D eigenvalue weighted by Gasteiger charge is 2.14. The number of carbonyl (C=O) groups is 1. The monoisotopic (exact) mass is 379 g/mol. The largest absolute Gasteiger partial charge is 0.444 e. The van der Waals surface area contributed by atoms with Crippen molar-refractivity contribution in [1.29, 1.82) is 0 Å². The first kappa shape index (κ1) is 18.0. The van der Waals surface area contributed by atoms with Crippen LogP contribution >= 0.6 is 0 Å². The van der Waals surface area contributed by atoms with E-state index in [4.69, 9.17) is 4.42 Å². The maximum atomic E-state index is 12.2. The molecule has 1 N–H and O–H groups in total. The smallest absolute Gasteiger partial charge is 0.269 e. The first-order chi connectivity index (χ1) is 13.7. The average molecular weight is 379 g/mol. The van der Waals surface area contributed by atoms with Crippen LogP contribution in [0.25, 0.3) is 11.5 Å². The highest BCUT2D eigenvalue weighted by atomic mass is 16.3. The molecule has 0 unspecified atom stereocenters. The third-order valence-corrected chi connectivity index (χ3v) is 4.66. The van der Waals surface area contributed by atoms with Gasteiger partial charge < -0.3 is 14.6 Å². The summed E-state index contributed by atoms with van der Waals surface area (Å²) in [5.41, 5.74) is 2.01. The first-order valence-electron chi connectivity index (χ1n) is 9.28. The Morgan fingerprint density at radius 3 is 2.71 bits per heavy atom. The Kier molecular flexibility index (Phi) is 5.18. The molecule has 3 aromatic rings. The molecule has 0 radical (unpaired) electrons. The maximum Gasteiger partial charge on any atom is 0.269 e. The van der Waals surface area contributed by atoms with Gasteiger partial charge in [0.25, 0.3) is 5.56 Å². The first-order valence-corrected chi connectivity index (χ1v) is 9.28. The average Bonchev–Trinajstić information content (AvgIpc) is 3.41. The summed E-state index contributed by atoms with van der Waals surface area (Å²) in [5.74, 6) is 0.188. The number of aromatic nitrogens is 3. The molecule has 0 atom stereocenters. The molecule has 1 aromatic carbocycles. The lowest BCUT2D eigenvalue weighted by Gasteiger charge is -2.16. The molecular formula is C20H21N5O3. The molecule has 28 heavy (non-hydrogen) atoms. The van der Waals surface area contributed by atoms with E-state index < -0.39 is 0 Å². The lowest BCUT2D eigenvalue weighted by atomic mass is 10.2. The number of carbonyl (C=O) groups excluding carboxylic acids is 1. The third-order valence-electron chi connectivity index (χ3n) is 4.66.